The summed E-state index contributed by atoms with van der Waals surface area (Å²) in [6.07, 6.45) is 2.61. The van der Waals surface area contributed by atoms with Gasteiger partial charge in [-0.3, -0.25) is 0 Å². The molecule has 0 saturated carbocycles. The minimum absolute atomic E-state index is 0.573. The number of aryl methyl sites for hydroxylation is 1. The van der Waals surface area contributed by atoms with E-state index in [4.69, 9.17) is 5.73 Å². The van der Waals surface area contributed by atoms with Crippen molar-refractivity contribution in [1.29, 1.82) is 0 Å². The molecular formula is C16H20N2. The van der Waals surface area contributed by atoms with Gasteiger partial charge in [-0.15, -0.1) is 0 Å². The maximum Gasteiger partial charge on any atom is 0.127 e. The van der Waals surface area contributed by atoms with E-state index in [2.05, 4.69) is 50.0 Å². The lowest BCUT2D eigenvalue weighted by Gasteiger charge is -2.10. The molecular weight excluding hydrogens is 220 g/mol. The first kappa shape index (κ1) is 12.6. The van der Waals surface area contributed by atoms with Crippen molar-refractivity contribution in [3.63, 3.8) is 0 Å². The molecule has 0 atom stereocenters. The molecule has 0 bridgehead atoms. The van der Waals surface area contributed by atoms with Crippen molar-refractivity contribution in [2.75, 3.05) is 5.73 Å². The SMILES string of the molecule is Cc1ccnc(N)c1Cc1ccc(C(C)C)cc1. The molecule has 2 nitrogen and oxygen atoms in total. The van der Waals surface area contributed by atoms with E-state index in [1.807, 2.05) is 6.07 Å². The monoisotopic (exact) mass is 240 g/mol. The van der Waals surface area contributed by atoms with Crippen LogP contribution < -0.4 is 5.73 Å². The minimum Gasteiger partial charge on any atom is -0.383 e. The predicted octanol–water partition coefficient (Wildman–Crippen LogP) is 3.69. The van der Waals surface area contributed by atoms with Crippen LogP contribution in [0.15, 0.2) is 36.5 Å². The number of pyridine rings is 1. The Morgan fingerprint density at radius 3 is 2.33 bits per heavy atom. The van der Waals surface area contributed by atoms with Crippen LogP contribution in [0.1, 0.15) is 42.0 Å². The van der Waals surface area contributed by atoms with Gasteiger partial charge in [0.05, 0.1) is 0 Å². The number of aromatic nitrogens is 1. The molecule has 1 aromatic heterocycles. The molecule has 18 heavy (non-hydrogen) atoms. The molecule has 2 N–H and O–H groups in total. The average molecular weight is 240 g/mol. The van der Waals surface area contributed by atoms with Gasteiger partial charge in [-0.1, -0.05) is 38.1 Å². The maximum absolute atomic E-state index is 5.94. The lowest BCUT2D eigenvalue weighted by atomic mass is 9.97. The van der Waals surface area contributed by atoms with Crippen LogP contribution >= 0.6 is 0 Å². The van der Waals surface area contributed by atoms with Gasteiger partial charge in [0, 0.05) is 18.2 Å². The third kappa shape index (κ3) is 2.70. The molecule has 2 rings (SSSR count). The zero-order chi connectivity index (χ0) is 13.1. The third-order valence-electron chi connectivity index (χ3n) is 3.35. The fraction of sp³-hybridized carbons (Fsp3) is 0.312. The standard InChI is InChI=1S/C16H20N2/c1-11(2)14-6-4-13(5-7-14)10-15-12(3)8-9-18-16(15)17/h4-9,11H,10H2,1-3H3,(H2,17,18). The van der Waals surface area contributed by atoms with Crippen molar-refractivity contribution in [3.05, 3.63) is 58.8 Å². The Morgan fingerprint density at radius 1 is 1.11 bits per heavy atom. The van der Waals surface area contributed by atoms with E-state index in [1.54, 1.807) is 6.20 Å². The first-order valence-corrected chi connectivity index (χ1v) is 6.36. The summed E-state index contributed by atoms with van der Waals surface area (Å²) >= 11 is 0. The Labute approximate surface area is 109 Å². The van der Waals surface area contributed by atoms with Crippen LogP contribution in [0.2, 0.25) is 0 Å². The maximum atomic E-state index is 5.94. The second-order valence-corrected chi connectivity index (χ2v) is 5.06. The van der Waals surface area contributed by atoms with E-state index < -0.39 is 0 Å². The van der Waals surface area contributed by atoms with Crippen molar-refractivity contribution >= 4 is 5.82 Å². The molecule has 0 fully saturated rings. The molecule has 2 aromatic rings. The molecule has 0 radical (unpaired) electrons. The molecule has 0 aliphatic carbocycles. The Balaban J connectivity index is 2.24. The molecule has 0 unspecified atom stereocenters. The van der Waals surface area contributed by atoms with Crippen molar-refractivity contribution in [1.82, 2.24) is 4.98 Å². The smallest absolute Gasteiger partial charge is 0.127 e. The summed E-state index contributed by atoms with van der Waals surface area (Å²) < 4.78 is 0. The van der Waals surface area contributed by atoms with Crippen molar-refractivity contribution in [2.24, 2.45) is 0 Å². The van der Waals surface area contributed by atoms with Crippen molar-refractivity contribution in [2.45, 2.75) is 33.1 Å². The minimum atomic E-state index is 0.573. The van der Waals surface area contributed by atoms with E-state index in [0.717, 1.165) is 12.0 Å². The highest BCUT2D eigenvalue weighted by atomic mass is 14.8. The number of nitrogens with zero attached hydrogens (tertiary/aromatic N) is 1. The van der Waals surface area contributed by atoms with Gasteiger partial charge in [-0.05, 0) is 35.6 Å². The van der Waals surface area contributed by atoms with Crippen LogP contribution in [0.4, 0.5) is 5.82 Å². The first-order valence-electron chi connectivity index (χ1n) is 6.36. The average Bonchev–Trinajstić information content (AvgIpc) is 2.34. The van der Waals surface area contributed by atoms with E-state index >= 15 is 0 Å². The first-order chi connectivity index (χ1) is 8.58. The summed E-state index contributed by atoms with van der Waals surface area (Å²) in [4.78, 5) is 4.16. The lowest BCUT2D eigenvalue weighted by molar-refractivity contribution is 0.865. The number of nitrogen functional groups attached to an aromatic ring is 1. The molecule has 94 valence electrons. The Kier molecular flexibility index (Phi) is 3.66. The Morgan fingerprint density at radius 2 is 1.78 bits per heavy atom. The van der Waals surface area contributed by atoms with Gasteiger partial charge < -0.3 is 5.73 Å². The largest absolute Gasteiger partial charge is 0.383 e. The summed E-state index contributed by atoms with van der Waals surface area (Å²) in [7, 11) is 0. The van der Waals surface area contributed by atoms with Gasteiger partial charge in [0.2, 0.25) is 0 Å². The van der Waals surface area contributed by atoms with Gasteiger partial charge in [-0.2, -0.15) is 0 Å². The van der Waals surface area contributed by atoms with Crippen LogP contribution in [0, 0.1) is 6.92 Å². The zero-order valence-electron chi connectivity index (χ0n) is 11.3. The quantitative estimate of drug-likeness (QED) is 0.888. The summed E-state index contributed by atoms with van der Waals surface area (Å²) in [5.41, 5.74) is 10.9. The van der Waals surface area contributed by atoms with Crippen LogP contribution in [-0.4, -0.2) is 4.98 Å². The molecule has 0 saturated heterocycles. The summed E-state index contributed by atoms with van der Waals surface area (Å²) in [6, 6.07) is 10.8. The van der Waals surface area contributed by atoms with Crippen LogP contribution in [0.3, 0.4) is 0 Å². The number of nitrogens with two attached hydrogens (primary N) is 1. The van der Waals surface area contributed by atoms with E-state index in [-0.39, 0.29) is 0 Å². The van der Waals surface area contributed by atoms with Gasteiger partial charge in [0.1, 0.15) is 5.82 Å². The lowest BCUT2D eigenvalue weighted by Crippen LogP contribution is -2.01. The third-order valence-corrected chi connectivity index (χ3v) is 3.35. The summed E-state index contributed by atoms with van der Waals surface area (Å²) in [5.74, 6) is 1.21. The number of hydrogen-bond donors (Lipinski definition) is 1. The summed E-state index contributed by atoms with van der Waals surface area (Å²) in [5, 5.41) is 0. The molecule has 1 heterocycles. The number of benzene rings is 1. The second-order valence-electron chi connectivity index (χ2n) is 5.06. The van der Waals surface area contributed by atoms with Crippen LogP contribution in [0.5, 0.6) is 0 Å². The number of anilines is 1. The van der Waals surface area contributed by atoms with Crippen LogP contribution in [-0.2, 0) is 6.42 Å². The highest BCUT2D eigenvalue weighted by Crippen LogP contribution is 2.20. The zero-order valence-corrected chi connectivity index (χ0v) is 11.3. The molecule has 1 aromatic carbocycles. The van der Waals surface area contributed by atoms with Gasteiger partial charge in [-0.25, -0.2) is 4.98 Å². The van der Waals surface area contributed by atoms with E-state index in [1.165, 1.54) is 16.7 Å². The van der Waals surface area contributed by atoms with Gasteiger partial charge in [0.15, 0.2) is 0 Å². The second kappa shape index (κ2) is 5.21. The molecule has 0 amide bonds. The van der Waals surface area contributed by atoms with Crippen LogP contribution in [0.25, 0.3) is 0 Å². The predicted molar refractivity (Wildman–Crippen MR) is 76.7 cm³/mol. The highest BCUT2D eigenvalue weighted by Gasteiger charge is 2.06. The molecule has 0 aliphatic rings. The van der Waals surface area contributed by atoms with Crippen molar-refractivity contribution in [3.8, 4) is 0 Å². The summed E-state index contributed by atoms with van der Waals surface area (Å²) in [6.45, 7) is 6.49. The fourth-order valence-corrected chi connectivity index (χ4v) is 2.06. The Hall–Kier alpha value is -1.83. The van der Waals surface area contributed by atoms with Gasteiger partial charge >= 0.3 is 0 Å². The van der Waals surface area contributed by atoms with Crippen molar-refractivity contribution < 1.29 is 0 Å². The molecule has 0 spiro atoms. The fourth-order valence-electron chi connectivity index (χ4n) is 2.06. The van der Waals surface area contributed by atoms with Gasteiger partial charge in [0.25, 0.3) is 0 Å². The molecule has 2 heteroatoms. The Bertz CT molecular complexity index is 507. The molecule has 0 aliphatic heterocycles. The topological polar surface area (TPSA) is 38.9 Å². The highest BCUT2D eigenvalue weighted by molar-refractivity contribution is 5.46. The normalized spacial score (nSPS) is 10.9. The van der Waals surface area contributed by atoms with E-state index in [9.17, 15) is 0 Å². The number of rotatable bonds is 3. The number of hydrogen-bond acceptors (Lipinski definition) is 2. The van der Waals surface area contributed by atoms with E-state index in [0.29, 0.717) is 11.7 Å².